The van der Waals surface area contributed by atoms with Crippen LogP contribution in [0.25, 0.3) is 0 Å². The van der Waals surface area contributed by atoms with Crippen LogP contribution in [0.1, 0.15) is 19.8 Å². The Morgan fingerprint density at radius 2 is 2.30 bits per heavy atom. The predicted molar refractivity (Wildman–Crippen MR) is 46.8 cm³/mol. The summed E-state index contributed by atoms with van der Waals surface area (Å²) in [5.74, 6) is 0. The summed E-state index contributed by atoms with van der Waals surface area (Å²) in [6, 6.07) is 0. The minimum absolute atomic E-state index is 0.122. The van der Waals surface area contributed by atoms with Gasteiger partial charge in [0.1, 0.15) is 10.5 Å². The van der Waals surface area contributed by atoms with Crippen LogP contribution in [0.5, 0.6) is 0 Å². The molecule has 0 spiro atoms. The summed E-state index contributed by atoms with van der Waals surface area (Å²) in [7, 11) is 0.859. The molecule has 1 unspecified atom stereocenters. The van der Waals surface area contributed by atoms with Gasteiger partial charge in [0.05, 0.1) is 6.17 Å². The van der Waals surface area contributed by atoms with E-state index in [1.807, 2.05) is 6.92 Å². The Morgan fingerprint density at radius 3 is 2.80 bits per heavy atom. The molecule has 62 valence electrons. The minimum atomic E-state index is 0.122. The Bertz CT molecular complexity index is 70.8. The van der Waals surface area contributed by atoms with Crippen molar-refractivity contribution in [1.82, 2.24) is 5.32 Å². The number of hydrogen-bond donors (Lipinski definition) is 2. The molecule has 10 heavy (non-hydrogen) atoms. The Balaban J connectivity index is 2.77. The van der Waals surface area contributed by atoms with Crippen LogP contribution in [0, 0.1) is 0 Å². The van der Waals surface area contributed by atoms with E-state index in [9.17, 15) is 0 Å². The van der Waals surface area contributed by atoms with Gasteiger partial charge in [-0.1, -0.05) is 0 Å². The van der Waals surface area contributed by atoms with Crippen molar-refractivity contribution in [2.24, 2.45) is 5.73 Å². The van der Waals surface area contributed by atoms with Gasteiger partial charge in [0.25, 0.3) is 0 Å². The Kier molecular flexibility index (Phi) is 7.28. The highest BCUT2D eigenvalue weighted by Gasteiger charge is 1.90. The van der Waals surface area contributed by atoms with E-state index in [1.54, 1.807) is 0 Å². The van der Waals surface area contributed by atoms with Crippen molar-refractivity contribution in [2.75, 3.05) is 13.2 Å². The van der Waals surface area contributed by atoms with E-state index in [2.05, 4.69) is 5.32 Å². The maximum atomic E-state index is 5.47. The lowest BCUT2D eigenvalue weighted by molar-refractivity contribution is 0.333. The van der Waals surface area contributed by atoms with Crippen molar-refractivity contribution >= 4 is 10.5 Å². The summed E-state index contributed by atoms with van der Waals surface area (Å²) < 4.78 is 5.03. The van der Waals surface area contributed by atoms with E-state index in [0.717, 1.165) is 36.5 Å². The van der Waals surface area contributed by atoms with Crippen LogP contribution in [0.4, 0.5) is 0 Å². The second-order valence-corrected chi connectivity index (χ2v) is 3.02. The fraction of sp³-hybridized carbons (Fsp3) is 1.00. The number of unbranched alkanes of at least 4 members (excludes halogenated alkanes) is 1. The highest BCUT2D eigenvalue weighted by Crippen LogP contribution is 1.86. The Hall–Kier alpha value is 0.0969. The molecule has 0 rings (SSSR count). The van der Waals surface area contributed by atoms with Crippen molar-refractivity contribution in [3.8, 4) is 0 Å². The molecular formula is C6H18N2OSi. The fourth-order valence-electron chi connectivity index (χ4n) is 0.701. The van der Waals surface area contributed by atoms with Gasteiger partial charge in [-0.05, 0) is 26.3 Å². The molecule has 0 radical (unpaired) electrons. The molecule has 0 aromatic carbocycles. The first-order valence-electron chi connectivity index (χ1n) is 3.75. The van der Waals surface area contributed by atoms with Crippen molar-refractivity contribution in [1.29, 1.82) is 0 Å². The summed E-state index contributed by atoms with van der Waals surface area (Å²) in [6.07, 6.45) is 2.42. The smallest absolute Gasteiger partial charge is 0.145 e. The maximum absolute atomic E-state index is 5.47. The molecule has 0 aromatic rings. The molecule has 0 saturated carbocycles. The lowest BCUT2D eigenvalue weighted by Gasteiger charge is -2.06. The molecule has 0 aromatic heterocycles. The third kappa shape index (κ3) is 8.10. The van der Waals surface area contributed by atoms with Gasteiger partial charge in [-0.25, -0.2) is 0 Å². The van der Waals surface area contributed by atoms with Crippen molar-refractivity contribution < 1.29 is 4.43 Å². The average Bonchev–Trinajstić information content (AvgIpc) is 1.87. The first-order valence-corrected chi connectivity index (χ1v) is 4.57. The Labute approximate surface area is 65.9 Å². The molecule has 0 amide bonds. The van der Waals surface area contributed by atoms with Gasteiger partial charge >= 0.3 is 0 Å². The van der Waals surface area contributed by atoms with Gasteiger partial charge in [-0.2, -0.15) is 0 Å². The monoisotopic (exact) mass is 162 g/mol. The lowest BCUT2D eigenvalue weighted by Crippen LogP contribution is -2.34. The number of hydrogen-bond acceptors (Lipinski definition) is 3. The van der Waals surface area contributed by atoms with Gasteiger partial charge in [0, 0.05) is 6.61 Å². The van der Waals surface area contributed by atoms with Crippen LogP contribution >= 0.6 is 0 Å². The molecule has 1 atom stereocenters. The first kappa shape index (κ1) is 10.1. The second-order valence-electron chi connectivity index (χ2n) is 2.44. The molecule has 0 heterocycles. The summed E-state index contributed by atoms with van der Waals surface area (Å²) in [6.45, 7) is 3.86. The normalized spacial score (nSPS) is 13.8. The maximum Gasteiger partial charge on any atom is 0.145 e. The third-order valence-electron chi connectivity index (χ3n) is 1.24. The lowest BCUT2D eigenvalue weighted by atomic mass is 10.3. The molecule has 0 aliphatic rings. The topological polar surface area (TPSA) is 47.3 Å². The predicted octanol–water partition coefficient (Wildman–Crippen LogP) is -1.04. The molecule has 0 bridgehead atoms. The van der Waals surface area contributed by atoms with Crippen LogP contribution in [0.15, 0.2) is 0 Å². The highest BCUT2D eigenvalue weighted by atomic mass is 28.2. The standard InChI is InChI=1S/C6H18N2OSi/c1-6(7)8-4-2-3-5-9-10/h6,8H,2-5,7H2,1,10H3. The highest BCUT2D eigenvalue weighted by molar-refractivity contribution is 5.97. The molecule has 3 nitrogen and oxygen atoms in total. The third-order valence-corrected chi connectivity index (χ3v) is 1.65. The van der Waals surface area contributed by atoms with E-state index in [0.29, 0.717) is 0 Å². The number of rotatable bonds is 6. The molecular weight excluding hydrogens is 144 g/mol. The minimum Gasteiger partial charge on any atom is -0.428 e. The SMILES string of the molecule is CC(N)NCCCCO[SiH3]. The number of nitrogens with one attached hydrogen (secondary N) is 1. The molecule has 0 aliphatic heterocycles. The summed E-state index contributed by atoms with van der Waals surface area (Å²) >= 11 is 0. The van der Waals surface area contributed by atoms with Crippen molar-refractivity contribution in [2.45, 2.75) is 25.9 Å². The van der Waals surface area contributed by atoms with Gasteiger partial charge in [-0.3, -0.25) is 0 Å². The fourth-order valence-corrected chi connectivity index (χ4v) is 0.990. The molecule has 0 aliphatic carbocycles. The zero-order chi connectivity index (χ0) is 7.82. The summed E-state index contributed by atoms with van der Waals surface area (Å²) in [5.41, 5.74) is 5.47. The molecule has 0 fully saturated rings. The quantitative estimate of drug-likeness (QED) is 0.298. The van der Waals surface area contributed by atoms with Crippen LogP contribution in [0.2, 0.25) is 0 Å². The largest absolute Gasteiger partial charge is 0.428 e. The van der Waals surface area contributed by atoms with Gasteiger partial charge in [0.15, 0.2) is 0 Å². The van der Waals surface area contributed by atoms with E-state index in [1.165, 1.54) is 0 Å². The average molecular weight is 162 g/mol. The molecule has 4 heteroatoms. The van der Waals surface area contributed by atoms with E-state index in [4.69, 9.17) is 10.2 Å². The van der Waals surface area contributed by atoms with E-state index in [-0.39, 0.29) is 6.17 Å². The first-order chi connectivity index (χ1) is 4.77. The van der Waals surface area contributed by atoms with Crippen LogP contribution in [0.3, 0.4) is 0 Å². The van der Waals surface area contributed by atoms with E-state index >= 15 is 0 Å². The molecule has 3 N–H and O–H groups in total. The zero-order valence-electron chi connectivity index (χ0n) is 6.89. The van der Waals surface area contributed by atoms with Gasteiger partial charge in [-0.15, -0.1) is 0 Å². The Morgan fingerprint density at radius 1 is 1.60 bits per heavy atom. The van der Waals surface area contributed by atoms with Gasteiger partial charge in [0.2, 0.25) is 0 Å². The van der Waals surface area contributed by atoms with Crippen LogP contribution < -0.4 is 11.1 Å². The second kappa shape index (κ2) is 7.21. The van der Waals surface area contributed by atoms with Crippen LogP contribution in [-0.4, -0.2) is 29.8 Å². The van der Waals surface area contributed by atoms with Gasteiger partial charge < -0.3 is 15.5 Å². The number of nitrogens with two attached hydrogens (primary N) is 1. The molecule has 0 saturated heterocycles. The van der Waals surface area contributed by atoms with E-state index < -0.39 is 0 Å². The van der Waals surface area contributed by atoms with Crippen molar-refractivity contribution in [3.63, 3.8) is 0 Å². The van der Waals surface area contributed by atoms with Crippen LogP contribution in [-0.2, 0) is 4.43 Å². The summed E-state index contributed by atoms with van der Waals surface area (Å²) in [5, 5.41) is 3.14. The summed E-state index contributed by atoms with van der Waals surface area (Å²) in [4.78, 5) is 0. The zero-order valence-corrected chi connectivity index (χ0v) is 8.89. The van der Waals surface area contributed by atoms with Crippen molar-refractivity contribution in [3.05, 3.63) is 0 Å².